The Hall–Kier alpha value is 0.746. The Morgan fingerprint density at radius 3 is 0.500 bits per heavy atom. The molecule has 0 fully saturated rings. The normalized spacial score (nSPS) is 0. The van der Waals surface area contributed by atoms with Crippen LogP contribution in [0, 0.1) is 0 Å². The van der Waals surface area contributed by atoms with Gasteiger partial charge in [-0.05, 0) is 0 Å². The van der Waals surface area contributed by atoms with Gasteiger partial charge in [0.05, 0.1) is 0 Å². The molecule has 0 heterocycles. The van der Waals surface area contributed by atoms with Gasteiger partial charge in [-0.25, -0.2) is 0 Å². The molecular formula is CoF4Fe. The topological polar surface area (TPSA) is 0 Å². The maximum absolute atomic E-state index is 0. The van der Waals surface area contributed by atoms with Crippen LogP contribution in [0.3, 0.4) is 0 Å². The van der Waals surface area contributed by atoms with Crippen LogP contribution in [0.25, 0.3) is 0 Å². The first-order valence-corrected chi connectivity index (χ1v) is 0. The Balaban J connectivity index is 0. The first kappa shape index (κ1) is 400. The van der Waals surface area contributed by atoms with E-state index in [0.717, 1.165) is 0 Å². The fraction of sp³-hybridized carbons (Fsp3) is 0. The van der Waals surface area contributed by atoms with Crippen molar-refractivity contribution in [2.45, 2.75) is 0 Å². The molecule has 0 aromatic rings. The van der Waals surface area contributed by atoms with E-state index in [1.807, 2.05) is 0 Å². The molecule has 0 N–H and O–H groups in total. The number of hydrogen-bond donors (Lipinski definition) is 0. The quantitative estimate of drug-likeness (QED) is 0.263. The van der Waals surface area contributed by atoms with Crippen molar-refractivity contribution in [1.82, 2.24) is 0 Å². The maximum atomic E-state index is 0. The summed E-state index contributed by atoms with van der Waals surface area (Å²) in [4.78, 5) is 0. The number of halogens is 4. The molecule has 0 aliphatic heterocycles. The first-order chi connectivity index (χ1) is 0. The van der Waals surface area contributed by atoms with Crippen molar-refractivity contribution in [1.29, 1.82) is 0 Å². The van der Waals surface area contributed by atoms with Gasteiger partial charge in [0.25, 0.3) is 0 Å². The Kier molecular flexibility index (Phi) is 15500. The van der Waals surface area contributed by atoms with E-state index in [9.17, 15) is 0 Å². The predicted octanol–water partition coefficient (Wildman–Crippen LogP) is -12.0. The van der Waals surface area contributed by atoms with Gasteiger partial charge in [-0.2, -0.15) is 0 Å². The third kappa shape index (κ3) is 120. The zero-order valence-corrected chi connectivity index (χ0v) is 4.34. The minimum Gasteiger partial charge on any atom is -1.00 e. The van der Waals surface area contributed by atoms with E-state index < -0.39 is 0 Å². The molecule has 0 rings (SSSR count). The van der Waals surface area contributed by atoms with Crippen molar-refractivity contribution in [3.05, 3.63) is 0 Å². The SMILES string of the molecule is [Co+2].[F-].[F-].[F-].[F-].[Fe+2]. The molecule has 0 atom stereocenters. The van der Waals surface area contributed by atoms with E-state index in [2.05, 4.69) is 0 Å². The van der Waals surface area contributed by atoms with Gasteiger partial charge in [-0.15, -0.1) is 0 Å². The number of hydrogen-bond acceptors (Lipinski definition) is 0. The minimum atomic E-state index is 0. The molecule has 0 unspecified atom stereocenters. The van der Waals surface area contributed by atoms with E-state index in [-0.39, 0.29) is 52.7 Å². The van der Waals surface area contributed by atoms with E-state index in [1.54, 1.807) is 0 Å². The molecule has 0 spiro atoms. The fourth-order valence-corrected chi connectivity index (χ4v) is 0. The van der Waals surface area contributed by atoms with Crippen LogP contribution in [0.1, 0.15) is 0 Å². The summed E-state index contributed by atoms with van der Waals surface area (Å²) in [6.07, 6.45) is 0. The van der Waals surface area contributed by atoms with Crippen molar-refractivity contribution < 1.29 is 52.7 Å². The van der Waals surface area contributed by atoms with E-state index >= 15 is 0 Å². The van der Waals surface area contributed by atoms with Gasteiger partial charge in [0.1, 0.15) is 0 Å². The van der Waals surface area contributed by atoms with Crippen LogP contribution in [0.15, 0.2) is 0 Å². The monoisotopic (exact) mass is 191 g/mol. The van der Waals surface area contributed by atoms with Crippen LogP contribution >= 0.6 is 0 Å². The summed E-state index contributed by atoms with van der Waals surface area (Å²) in [6, 6.07) is 0. The van der Waals surface area contributed by atoms with E-state index in [4.69, 9.17) is 0 Å². The number of rotatable bonds is 0. The summed E-state index contributed by atoms with van der Waals surface area (Å²) in [5.41, 5.74) is 0. The summed E-state index contributed by atoms with van der Waals surface area (Å²) < 4.78 is 0. The Morgan fingerprint density at radius 1 is 0.500 bits per heavy atom. The minimum absolute atomic E-state index is 0. The zero-order valence-electron chi connectivity index (χ0n) is 2.20. The van der Waals surface area contributed by atoms with Crippen molar-refractivity contribution in [3.63, 3.8) is 0 Å². The summed E-state index contributed by atoms with van der Waals surface area (Å²) in [5, 5.41) is 0. The molecule has 0 nitrogen and oxygen atoms in total. The van der Waals surface area contributed by atoms with E-state index in [0.29, 0.717) is 0 Å². The third-order valence-corrected chi connectivity index (χ3v) is 0. The second kappa shape index (κ2) is 233. The van der Waals surface area contributed by atoms with Crippen LogP contribution in [-0.2, 0) is 33.8 Å². The smallest absolute Gasteiger partial charge is 1.00 e. The molecule has 45 valence electrons. The molecule has 0 aromatic heterocycles. The molecule has 0 aliphatic rings. The molecule has 6 heteroatoms. The van der Waals surface area contributed by atoms with E-state index in [1.165, 1.54) is 0 Å². The molecule has 1 radical (unpaired) electrons. The zero-order chi connectivity index (χ0) is 0. The second-order valence-electron chi connectivity index (χ2n) is 0. The maximum Gasteiger partial charge on any atom is 2.00 e. The van der Waals surface area contributed by atoms with Crippen molar-refractivity contribution in [2.75, 3.05) is 0 Å². The predicted molar refractivity (Wildman–Crippen MR) is 0 cm³/mol. The second-order valence-corrected chi connectivity index (χ2v) is 0. The summed E-state index contributed by atoms with van der Waals surface area (Å²) in [6.45, 7) is 0. The van der Waals surface area contributed by atoms with Gasteiger partial charge in [-0.1, -0.05) is 0 Å². The van der Waals surface area contributed by atoms with Crippen molar-refractivity contribution in [3.8, 4) is 0 Å². The van der Waals surface area contributed by atoms with Gasteiger partial charge in [0.2, 0.25) is 0 Å². The molecule has 0 saturated heterocycles. The summed E-state index contributed by atoms with van der Waals surface area (Å²) in [7, 11) is 0. The largest absolute Gasteiger partial charge is 2.00 e. The molecular weight excluding hydrogens is 191 g/mol. The fourth-order valence-electron chi connectivity index (χ4n) is 0. The summed E-state index contributed by atoms with van der Waals surface area (Å²) >= 11 is 0. The van der Waals surface area contributed by atoms with Crippen LogP contribution in [0.4, 0.5) is 0 Å². The van der Waals surface area contributed by atoms with Gasteiger partial charge in [-0.3, -0.25) is 0 Å². The average molecular weight is 191 g/mol. The van der Waals surface area contributed by atoms with Crippen LogP contribution in [0.2, 0.25) is 0 Å². The third-order valence-electron chi connectivity index (χ3n) is 0. The molecule has 0 saturated carbocycles. The Bertz CT molecular complexity index is 7.51. The van der Waals surface area contributed by atoms with Crippen molar-refractivity contribution >= 4 is 0 Å². The molecule has 0 aliphatic carbocycles. The standard InChI is InChI=1S/Co.4FH.Fe/h;4*1H;/q+2;;;;;+2/p-4. The average Bonchev–Trinajstić information content (AvgIpc) is 0. The van der Waals surface area contributed by atoms with Gasteiger partial charge >= 0.3 is 33.8 Å². The van der Waals surface area contributed by atoms with Crippen LogP contribution in [0.5, 0.6) is 0 Å². The molecule has 6 heavy (non-hydrogen) atoms. The molecule has 0 amide bonds. The van der Waals surface area contributed by atoms with Gasteiger partial charge in [0, 0.05) is 0 Å². The first-order valence-electron chi connectivity index (χ1n) is 0. The van der Waals surface area contributed by atoms with Crippen LogP contribution < -0.4 is 18.8 Å². The molecule has 0 aromatic carbocycles. The van der Waals surface area contributed by atoms with Crippen LogP contribution in [-0.4, -0.2) is 0 Å². The van der Waals surface area contributed by atoms with Gasteiger partial charge < -0.3 is 18.8 Å². The van der Waals surface area contributed by atoms with Crippen molar-refractivity contribution in [2.24, 2.45) is 0 Å². The Labute approximate surface area is 53.2 Å². The molecule has 0 bridgehead atoms. The Morgan fingerprint density at radius 2 is 0.500 bits per heavy atom. The van der Waals surface area contributed by atoms with Gasteiger partial charge in [0.15, 0.2) is 0 Å². The summed E-state index contributed by atoms with van der Waals surface area (Å²) in [5.74, 6) is 0.